The van der Waals surface area contributed by atoms with Gasteiger partial charge in [-0.1, -0.05) is 38.3 Å². The second-order valence-corrected chi connectivity index (χ2v) is 24.3. The van der Waals surface area contributed by atoms with Crippen LogP contribution in [0.25, 0.3) is 0 Å². The van der Waals surface area contributed by atoms with E-state index < -0.39 is 16.1 Å². The number of hydrogen-bond acceptors (Lipinski definition) is 6. The zero-order chi connectivity index (χ0) is 20.1. The molecule has 2 aliphatic rings. The normalized spacial score (nSPS) is 16.4. The molecular weight excluding hydrogens is 654 g/mol. The molecule has 0 aromatic carbocycles. The highest BCUT2D eigenvalue weighted by atomic mass is 127. The summed E-state index contributed by atoms with van der Waals surface area (Å²) in [6, 6.07) is 2.51. The average molecular weight is 678 g/mol. The van der Waals surface area contributed by atoms with Crippen LogP contribution >= 0.6 is 67.9 Å². The molecule has 0 atom stereocenters. The maximum absolute atomic E-state index is 6.05. The lowest BCUT2D eigenvalue weighted by Crippen LogP contribution is -2.46. The quantitative estimate of drug-likeness (QED) is 0.327. The van der Waals surface area contributed by atoms with E-state index in [1.807, 2.05) is 22.7 Å². The second kappa shape index (κ2) is 8.21. The molecule has 2 aromatic heterocycles. The van der Waals surface area contributed by atoms with Crippen LogP contribution in [0.3, 0.4) is 0 Å². The summed E-state index contributed by atoms with van der Waals surface area (Å²) >= 11 is 8.56. The molecule has 0 fully saturated rings. The molecule has 0 aliphatic carbocycles. The van der Waals surface area contributed by atoms with Gasteiger partial charge in [-0.2, -0.15) is 0 Å². The fraction of sp³-hybridized carbons (Fsp3) is 0.556. The number of ether oxygens (including phenoxy) is 4. The first-order valence-corrected chi connectivity index (χ1v) is 19.6. The molecule has 28 heavy (non-hydrogen) atoms. The molecule has 0 amide bonds. The third kappa shape index (κ3) is 4.01. The Bertz CT molecular complexity index is 823. The molecular formula is C18H24I2O4S2Si2. The molecule has 154 valence electrons. The van der Waals surface area contributed by atoms with Crippen LogP contribution in [0.5, 0.6) is 23.0 Å². The van der Waals surface area contributed by atoms with Crippen LogP contribution < -0.4 is 27.9 Å². The Morgan fingerprint density at radius 3 is 1.32 bits per heavy atom. The second-order valence-electron chi connectivity index (χ2n) is 8.39. The molecule has 0 spiro atoms. The zero-order valence-electron chi connectivity index (χ0n) is 16.4. The highest BCUT2D eigenvalue weighted by Crippen LogP contribution is 2.43. The molecule has 0 radical (unpaired) electrons. The first-order valence-electron chi connectivity index (χ1n) is 9.37. The minimum Gasteiger partial charge on any atom is -0.485 e. The van der Waals surface area contributed by atoms with Crippen molar-refractivity contribution < 1.29 is 18.9 Å². The Hall–Kier alpha value is 0.494. The molecule has 4 nitrogen and oxygen atoms in total. The molecule has 0 unspecified atom stereocenters. The smallest absolute Gasteiger partial charge is 0.185 e. The summed E-state index contributed by atoms with van der Waals surface area (Å²) in [5.74, 6) is 4.04. The van der Waals surface area contributed by atoms with E-state index in [1.165, 1.54) is 26.9 Å². The van der Waals surface area contributed by atoms with Gasteiger partial charge in [0.05, 0.1) is 16.1 Å². The highest BCUT2D eigenvalue weighted by molar-refractivity contribution is 14.1. The Labute approximate surface area is 203 Å². The zero-order valence-corrected chi connectivity index (χ0v) is 24.4. The van der Waals surface area contributed by atoms with Gasteiger partial charge in [0.25, 0.3) is 0 Å². The van der Waals surface area contributed by atoms with Gasteiger partial charge in [-0.25, -0.2) is 0 Å². The van der Waals surface area contributed by atoms with Crippen molar-refractivity contribution in [2.45, 2.75) is 38.3 Å². The Morgan fingerprint density at radius 1 is 0.643 bits per heavy atom. The van der Waals surface area contributed by atoms with Crippen LogP contribution in [-0.2, 0) is 0 Å². The van der Waals surface area contributed by atoms with E-state index in [1.54, 1.807) is 0 Å². The lowest BCUT2D eigenvalue weighted by atomic mass is 10.5. The van der Waals surface area contributed by atoms with Crippen LogP contribution in [0.2, 0.25) is 38.3 Å². The van der Waals surface area contributed by atoms with Crippen LogP contribution in [0.1, 0.15) is 0 Å². The summed E-state index contributed by atoms with van der Waals surface area (Å²) in [4.78, 5) is 0. The Balaban J connectivity index is 1.57. The van der Waals surface area contributed by atoms with E-state index in [4.69, 9.17) is 18.9 Å². The van der Waals surface area contributed by atoms with Crippen LogP contribution in [0.4, 0.5) is 0 Å². The topological polar surface area (TPSA) is 36.9 Å². The van der Waals surface area contributed by atoms with E-state index in [0.717, 1.165) is 23.0 Å². The third-order valence-corrected chi connectivity index (χ3v) is 19.5. The summed E-state index contributed by atoms with van der Waals surface area (Å²) in [6.45, 7) is 12.5. The van der Waals surface area contributed by atoms with Crippen molar-refractivity contribution in [2.24, 2.45) is 0 Å². The number of fused-ring (bicyclic) bond motifs is 2. The van der Waals surface area contributed by atoms with Gasteiger partial charge in [-0.3, -0.25) is 0 Å². The van der Waals surface area contributed by atoms with Gasteiger partial charge in [0.1, 0.15) is 32.2 Å². The van der Waals surface area contributed by atoms with E-state index in [-0.39, 0.29) is 0 Å². The predicted octanol–water partition coefficient (Wildman–Crippen LogP) is 5.09. The SMILES string of the molecule is C[Si](C)(CC[Si](C)(C)c1sc(I)c2c1OCCO2)c1sc(I)c2c1OCCO2. The van der Waals surface area contributed by atoms with Gasteiger partial charge in [-0.05, 0) is 45.2 Å². The molecule has 10 heteroatoms. The van der Waals surface area contributed by atoms with Gasteiger partial charge < -0.3 is 18.9 Å². The molecule has 0 saturated heterocycles. The van der Waals surface area contributed by atoms with Crippen LogP contribution in [0, 0.1) is 5.77 Å². The predicted molar refractivity (Wildman–Crippen MR) is 140 cm³/mol. The van der Waals surface area contributed by atoms with Crippen molar-refractivity contribution in [1.82, 2.24) is 0 Å². The molecule has 0 bridgehead atoms. The Morgan fingerprint density at radius 2 is 0.964 bits per heavy atom. The molecule has 4 heterocycles. The summed E-state index contributed by atoms with van der Waals surface area (Å²) < 4.78 is 29.2. The summed E-state index contributed by atoms with van der Waals surface area (Å²) in [6.07, 6.45) is 0. The van der Waals surface area contributed by atoms with Gasteiger partial charge in [0.2, 0.25) is 0 Å². The molecule has 0 saturated carbocycles. The number of rotatable bonds is 5. The number of thiophene rings is 2. The number of hydrogen-bond donors (Lipinski definition) is 0. The van der Waals surface area contributed by atoms with Gasteiger partial charge in [0, 0.05) is 9.00 Å². The standard InChI is InChI=1S/C18H24I2O4S2Si2/c1-27(2,17-13-11(15(19)25-17)21-5-7-23-13)9-10-28(3,4)18-14-12(16(20)26-18)22-6-8-24-14/h5-10H2,1-4H3. The van der Waals surface area contributed by atoms with Crippen molar-refractivity contribution in [3.63, 3.8) is 0 Å². The van der Waals surface area contributed by atoms with Crippen molar-refractivity contribution >= 4 is 93.0 Å². The molecule has 2 aromatic rings. The first-order chi connectivity index (χ1) is 13.2. The largest absolute Gasteiger partial charge is 0.485 e. The summed E-state index contributed by atoms with van der Waals surface area (Å²) in [5, 5.41) is 0. The monoisotopic (exact) mass is 678 g/mol. The van der Waals surface area contributed by atoms with E-state index in [0.29, 0.717) is 26.4 Å². The fourth-order valence-electron chi connectivity index (χ4n) is 3.57. The van der Waals surface area contributed by atoms with Gasteiger partial charge in [-0.15, -0.1) is 22.7 Å². The van der Waals surface area contributed by atoms with Crippen molar-refractivity contribution in [1.29, 1.82) is 0 Å². The average Bonchev–Trinajstić information content (AvgIpc) is 3.20. The molecule has 0 N–H and O–H groups in total. The van der Waals surface area contributed by atoms with E-state index in [2.05, 4.69) is 71.4 Å². The summed E-state index contributed by atoms with van der Waals surface area (Å²) in [5.41, 5.74) is 0. The summed E-state index contributed by atoms with van der Waals surface area (Å²) in [7, 11) is -3.27. The fourth-order valence-corrected chi connectivity index (χ4v) is 18.8. The van der Waals surface area contributed by atoms with Crippen molar-refractivity contribution in [2.75, 3.05) is 26.4 Å². The maximum Gasteiger partial charge on any atom is 0.185 e. The maximum atomic E-state index is 6.05. The lowest BCUT2D eigenvalue weighted by molar-refractivity contribution is 0.173. The van der Waals surface area contributed by atoms with Crippen LogP contribution in [-0.4, -0.2) is 42.6 Å². The van der Waals surface area contributed by atoms with Crippen LogP contribution in [0.15, 0.2) is 0 Å². The lowest BCUT2D eigenvalue weighted by Gasteiger charge is -2.29. The van der Waals surface area contributed by atoms with E-state index in [9.17, 15) is 0 Å². The molecule has 2 aliphatic heterocycles. The van der Waals surface area contributed by atoms with E-state index >= 15 is 0 Å². The minimum absolute atomic E-state index is 0.658. The first kappa shape index (κ1) is 21.7. The minimum atomic E-state index is -1.64. The van der Waals surface area contributed by atoms with Crippen molar-refractivity contribution in [3.05, 3.63) is 5.77 Å². The highest BCUT2D eigenvalue weighted by Gasteiger charge is 2.39. The Kier molecular flexibility index (Phi) is 6.36. The van der Waals surface area contributed by atoms with Gasteiger partial charge in [0.15, 0.2) is 23.0 Å². The molecule has 4 rings (SSSR count). The van der Waals surface area contributed by atoms with Crippen molar-refractivity contribution in [3.8, 4) is 23.0 Å². The number of halogens is 2. The third-order valence-electron chi connectivity index (χ3n) is 5.32. The van der Waals surface area contributed by atoms with Gasteiger partial charge >= 0.3 is 0 Å².